The number of benzene rings is 2. The van der Waals surface area contributed by atoms with Gasteiger partial charge < -0.3 is 15.2 Å². The minimum Gasteiger partial charge on any atom is -0.482 e. The Morgan fingerprint density at radius 3 is 2.37 bits per heavy atom. The second-order valence-corrected chi connectivity index (χ2v) is 5.23. The van der Waals surface area contributed by atoms with Gasteiger partial charge in [0.25, 0.3) is 11.8 Å². The number of hydrogen-bond donors (Lipinski definition) is 3. The van der Waals surface area contributed by atoms with Crippen molar-refractivity contribution in [3.63, 3.8) is 0 Å². The summed E-state index contributed by atoms with van der Waals surface area (Å²) in [4.78, 5) is 33.8. The molecule has 0 aliphatic heterocycles. The van der Waals surface area contributed by atoms with E-state index in [9.17, 15) is 18.8 Å². The number of nitrogens with zero attached hydrogens (tertiary/aromatic N) is 1. The number of carboxylic acids is 1. The molecule has 0 fully saturated rings. The van der Waals surface area contributed by atoms with Gasteiger partial charge in [-0.25, -0.2) is 14.6 Å². The lowest BCUT2D eigenvalue weighted by Crippen LogP contribution is -2.34. The lowest BCUT2D eigenvalue weighted by atomic mass is 10.2. The molecule has 0 radical (unpaired) electrons. The zero-order chi connectivity index (χ0) is 19.6. The Kier molecular flexibility index (Phi) is 7.00. The smallest absolute Gasteiger partial charge is 0.341 e. The first kappa shape index (κ1) is 19.6. The van der Waals surface area contributed by atoms with Gasteiger partial charge in [-0.05, 0) is 54.1 Å². The summed E-state index contributed by atoms with van der Waals surface area (Å²) in [5, 5.41) is 14.7. The van der Waals surface area contributed by atoms with Gasteiger partial charge in [0, 0.05) is 5.56 Å². The van der Waals surface area contributed by atoms with Crippen LogP contribution in [0.25, 0.3) is 0 Å². The third-order valence-electron chi connectivity index (χ3n) is 3.16. The topological polar surface area (TPSA) is 117 Å². The number of ether oxygens (including phenoxy) is 1. The van der Waals surface area contributed by atoms with Gasteiger partial charge in [-0.2, -0.15) is 5.10 Å². The molecule has 0 saturated heterocycles. The molecule has 0 atom stereocenters. The van der Waals surface area contributed by atoms with E-state index in [1.165, 1.54) is 18.3 Å². The number of carbonyl (C=O) groups excluding carboxylic acids is 2. The van der Waals surface area contributed by atoms with Gasteiger partial charge >= 0.3 is 5.97 Å². The van der Waals surface area contributed by atoms with Crippen LogP contribution in [0, 0.1) is 5.82 Å². The minimum absolute atomic E-state index is 0.234. The number of rotatable bonds is 8. The largest absolute Gasteiger partial charge is 0.482 e. The third-order valence-corrected chi connectivity index (χ3v) is 3.16. The quantitative estimate of drug-likeness (QED) is 0.474. The van der Waals surface area contributed by atoms with E-state index in [-0.39, 0.29) is 12.1 Å². The number of halogens is 1. The fourth-order valence-electron chi connectivity index (χ4n) is 1.88. The monoisotopic (exact) mass is 373 g/mol. The zero-order valence-corrected chi connectivity index (χ0v) is 14.0. The number of nitrogens with one attached hydrogen (secondary N) is 2. The Morgan fingerprint density at radius 2 is 1.74 bits per heavy atom. The molecule has 0 aliphatic rings. The molecule has 2 aromatic carbocycles. The molecule has 2 rings (SSSR count). The first-order valence-electron chi connectivity index (χ1n) is 7.74. The first-order chi connectivity index (χ1) is 12.9. The molecule has 0 aromatic heterocycles. The Hall–Kier alpha value is -3.75. The molecule has 2 aromatic rings. The van der Waals surface area contributed by atoms with Crippen LogP contribution in [0.4, 0.5) is 4.39 Å². The van der Waals surface area contributed by atoms with Gasteiger partial charge in [0.15, 0.2) is 6.61 Å². The first-order valence-corrected chi connectivity index (χ1v) is 7.74. The molecule has 0 unspecified atom stereocenters. The van der Waals surface area contributed by atoms with Gasteiger partial charge in [-0.1, -0.05) is 0 Å². The third kappa shape index (κ3) is 6.94. The van der Waals surface area contributed by atoms with Crippen LogP contribution in [0.2, 0.25) is 0 Å². The molecule has 8 nitrogen and oxygen atoms in total. The number of hydrazone groups is 1. The van der Waals surface area contributed by atoms with Crippen LogP contribution < -0.4 is 15.5 Å². The van der Waals surface area contributed by atoms with Gasteiger partial charge in [0.05, 0.1) is 12.8 Å². The van der Waals surface area contributed by atoms with Gasteiger partial charge in [0.2, 0.25) is 0 Å². The number of aliphatic carboxylic acids is 1. The molecule has 9 heteroatoms. The van der Waals surface area contributed by atoms with Gasteiger partial charge in [0.1, 0.15) is 11.6 Å². The van der Waals surface area contributed by atoms with Crippen LogP contribution in [-0.2, 0) is 9.59 Å². The van der Waals surface area contributed by atoms with E-state index < -0.39 is 30.2 Å². The average molecular weight is 373 g/mol. The van der Waals surface area contributed by atoms with Crippen molar-refractivity contribution < 1.29 is 28.6 Å². The van der Waals surface area contributed by atoms with E-state index in [1.54, 1.807) is 24.3 Å². The molecule has 3 N–H and O–H groups in total. The van der Waals surface area contributed by atoms with Crippen LogP contribution >= 0.6 is 0 Å². The normalized spacial score (nSPS) is 10.4. The number of carbonyl (C=O) groups is 3. The summed E-state index contributed by atoms with van der Waals surface area (Å²) in [6.45, 7) is -0.733. The van der Waals surface area contributed by atoms with Crippen molar-refractivity contribution in [2.45, 2.75) is 0 Å². The molecule has 0 bridgehead atoms. The van der Waals surface area contributed by atoms with Crippen LogP contribution in [0.5, 0.6) is 5.75 Å². The van der Waals surface area contributed by atoms with E-state index >= 15 is 0 Å². The highest BCUT2D eigenvalue weighted by molar-refractivity contribution is 5.96. The summed E-state index contributed by atoms with van der Waals surface area (Å²) >= 11 is 0. The standard InChI is InChI=1S/C18H16FN3O5/c19-14-5-3-13(4-6-14)18(26)20-10-16(23)22-21-9-12-1-7-15(8-2-12)27-11-17(24)25/h1-9H,10-11H2,(H,20,26)(H,22,23)(H,24,25)/b21-9+. The minimum atomic E-state index is -1.07. The summed E-state index contributed by atoms with van der Waals surface area (Å²) in [5.74, 6) is -2.19. The summed E-state index contributed by atoms with van der Waals surface area (Å²) < 4.78 is 17.8. The molecule has 0 saturated carbocycles. The van der Waals surface area contributed by atoms with Crippen molar-refractivity contribution in [2.24, 2.45) is 5.10 Å². The van der Waals surface area contributed by atoms with Crippen molar-refractivity contribution >= 4 is 24.0 Å². The van der Waals surface area contributed by atoms with E-state index in [0.29, 0.717) is 11.3 Å². The van der Waals surface area contributed by atoms with Crippen molar-refractivity contribution in [2.75, 3.05) is 13.2 Å². The SMILES string of the molecule is O=C(O)COc1ccc(/C=N/NC(=O)CNC(=O)c2ccc(F)cc2)cc1. The molecular weight excluding hydrogens is 357 g/mol. The summed E-state index contributed by atoms with van der Waals surface area (Å²) in [6.07, 6.45) is 1.38. The maximum Gasteiger partial charge on any atom is 0.341 e. The zero-order valence-electron chi connectivity index (χ0n) is 14.0. The van der Waals surface area contributed by atoms with Crippen LogP contribution in [0.1, 0.15) is 15.9 Å². The maximum atomic E-state index is 12.8. The Bertz CT molecular complexity index is 835. The lowest BCUT2D eigenvalue weighted by molar-refractivity contribution is -0.139. The van der Waals surface area contributed by atoms with E-state index in [4.69, 9.17) is 9.84 Å². The van der Waals surface area contributed by atoms with E-state index in [2.05, 4.69) is 15.8 Å². The van der Waals surface area contributed by atoms with Crippen LogP contribution in [0.3, 0.4) is 0 Å². The predicted molar refractivity (Wildman–Crippen MR) is 94.0 cm³/mol. The van der Waals surface area contributed by atoms with Gasteiger partial charge in [-0.15, -0.1) is 0 Å². The van der Waals surface area contributed by atoms with Crippen molar-refractivity contribution in [3.05, 3.63) is 65.5 Å². The lowest BCUT2D eigenvalue weighted by Gasteiger charge is -2.04. The van der Waals surface area contributed by atoms with Crippen molar-refractivity contribution in [1.82, 2.24) is 10.7 Å². The fraction of sp³-hybridized carbons (Fsp3) is 0.111. The Morgan fingerprint density at radius 1 is 1.07 bits per heavy atom. The van der Waals surface area contributed by atoms with E-state index in [0.717, 1.165) is 12.1 Å². The number of carboxylic acid groups (broad SMARTS) is 1. The molecule has 0 heterocycles. The van der Waals surface area contributed by atoms with Crippen molar-refractivity contribution in [1.29, 1.82) is 0 Å². The Balaban J connectivity index is 1.75. The highest BCUT2D eigenvalue weighted by atomic mass is 19.1. The summed E-state index contributed by atoms with van der Waals surface area (Å²) in [7, 11) is 0. The molecule has 27 heavy (non-hydrogen) atoms. The van der Waals surface area contributed by atoms with Gasteiger partial charge in [-0.3, -0.25) is 9.59 Å². The molecular formula is C18H16FN3O5. The van der Waals surface area contributed by atoms with Crippen LogP contribution in [-0.4, -0.2) is 42.3 Å². The fourth-order valence-corrected chi connectivity index (χ4v) is 1.88. The predicted octanol–water partition coefficient (Wildman–Crippen LogP) is 1.17. The van der Waals surface area contributed by atoms with E-state index in [1.807, 2.05) is 0 Å². The summed E-state index contributed by atoms with van der Waals surface area (Å²) in [5.41, 5.74) is 3.13. The maximum absolute atomic E-state index is 12.8. The highest BCUT2D eigenvalue weighted by Crippen LogP contribution is 2.10. The molecule has 0 aliphatic carbocycles. The second-order valence-electron chi connectivity index (χ2n) is 5.23. The molecule has 140 valence electrons. The van der Waals surface area contributed by atoms with Crippen molar-refractivity contribution in [3.8, 4) is 5.75 Å². The molecule has 0 spiro atoms. The second kappa shape index (κ2) is 9.66. The molecule has 2 amide bonds. The van der Waals surface area contributed by atoms with Crippen LogP contribution in [0.15, 0.2) is 53.6 Å². The Labute approximate surface area is 153 Å². The average Bonchev–Trinajstić information content (AvgIpc) is 2.66. The number of hydrogen-bond acceptors (Lipinski definition) is 5. The highest BCUT2D eigenvalue weighted by Gasteiger charge is 2.07. The summed E-state index contributed by atoms with van der Waals surface area (Å²) in [6, 6.07) is 11.3. The number of amides is 2.